The van der Waals surface area contributed by atoms with Gasteiger partial charge in [-0.15, -0.1) is 0 Å². The number of hydrogen-bond acceptors (Lipinski definition) is 31. The number of methoxy groups -OCH3 is 1. The minimum absolute atomic E-state index is 0.00209. The molecule has 51 heteroatoms. The van der Waals surface area contributed by atoms with Gasteiger partial charge >= 0.3 is 30.9 Å². The van der Waals surface area contributed by atoms with Gasteiger partial charge in [0, 0.05) is 149 Å². The average Bonchev–Trinajstić information content (AvgIpc) is 1.66. The van der Waals surface area contributed by atoms with Crippen molar-refractivity contribution in [1.82, 2.24) is 99.7 Å². The maximum Gasteiger partial charge on any atom is 0.417 e. The summed E-state index contributed by atoms with van der Waals surface area (Å²) in [5, 5.41) is 109. The number of ether oxygens (including phenoxy) is 1. The topological polar surface area (TPSA) is 562 Å². The molecule has 5 atom stereocenters. The molecule has 1 aliphatic carbocycles. The fraction of sp³-hybridized carbons (Fsp3) is 0.302. The van der Waals surface area contributed by atoms with Crippen LogP contribution in [0.3, 0.4) is 0 Å². The van der Waals surface area contributed by atoms with Gasteiger partial charge in [0.2, 0.25) is 29.7 Å². The molecule has 16 rings (SSSR count). The van der Waals surface area contributed by atoms with Crippen LogP contribution in [-0.4, -0.2) is 202 Å². The minimum Gasteiger partial charge on any atom is -0.396 e. The predicted molar refractivity (Wildman–Crippen MR) is 462 cm³/mol. The summed E-state index contributed by atoms with van der Waals surface area (Å²) in [6, 6.07) is 13.4. The number of hydrogen-bond donors (Lipinski definition) is 15. The molecular weight excluding hydrogens is 1830 g/mol. The van der Waals surface area contributed by atoms with Crippen LogP contribution in [0.1, 0.15) is 103 Å². The number of nitrogens with one attached hydrogen (secondary N) is 10. The summed E-state index contributed by atoms with van der Waals surface area (Å²) in [6.45, 7) is 7.09. The molecule has 0 radical (unpaired) electrons. The Morgan fingerprint density at radius 1 is 0.380 bits per heavy atom. The van der Waals surface area contributed by atoms with E-state index in [1.54, 1.807) is 14.0 Å². The number of halogens is 15. The lowest BCUT2D eigenvalue weighted by atomic mass is 10.1. The Bertz CT molecular complexity index is 6890. The number of aromatic nitrogens is 20. The number of H-pyrrole nitrogens is 5. The number of alkyl halides is 15. The molecule has 0 bridgehead atoms. The minimum atomic E-state index is -4.57. The summed E-state index contributed by atoms with van der Waals surface area (Å²) in [7, 11) is 1.58. The van der Waals surface area contributed by atoms with Crippen LogP contribution in [0.15, 0.2) is 123 Å². The first-order valence-electron chi connectivity index (χ1n) is 40.7. The zero-order valence-corrected chi connectivity index (χ0v) is 71.7. The molecule has 0 spiro atoms. The van der Waals surface area contributed by atoms with Crippen molar-refractivity contribution in [2.24, 2.45) is 11.8 Å². The summed E-state index contributed by atoms with van der Waals surface area (Å²) in [6.07, 6.45) is -3.58. The van der Waals surface area contributed by atoms with E-state index in [1.165, 1.54) is 68.9 Å². The lowest BCUT2D eigenvalue weighted by Crippen LogP contribution is -2.35. The van der Waals surface area contributed by atoms with E-state index in [9.17, 15) is 107 Å². The Morgan fingerprint density at radius 2 is 0.657 bits per heavy atom. The van der Waals surface area contributed by atoms with E-state index in [0.29, 0.717) is 41.2 Å². The second kappa shape index (κ2) is 42.5. The molecule has 3 unspecified atom stereocenters. The van der Waals surface area contributed by atoms with Crippen molar-refractivity contribution in [1.29, 1.82) is 26.3 Å². The van der Waals surface area contributed by atoms with Crippen LogP contribution in [-0.2, 0) is 35.6 Å². The summed E-state index contributed by atoms with van der Waals surface area (Å²) in [5.41, 5.74) is -0.323. The van der Waals surface area contributed by atoms with Crippen molar-refractivity contribution < 1.29 is 96.1 Å². The first-order valence-corrected chi connectivity index (χ1v) is 40.7. The highest BCUT2D eigenvalue weighted by Gasteiger charge is 2.38. The van der Waals surface area contributed by atoms with Crippen molar-refractivity contribution >= 4 is 84.9 Å². The maximum atomic E-state index is 13.1. The summed E-state index contributed by atoms with van der Waals surface area (Å²) in [4.78, 5) is 74.6. The van der Waals surface area contributed by atoms with Gasteiger partial charge in [0.15, 0.2) is 0 Å². The van der Waals surface area contributed by atoms with Gasteiger partial charge in [-0.2, -0.15) is 92.2 Å². The molecule has 1 fully saturated rings. The van der Waals surface area contributed by atoms with Gasteiger partial charge in [-0.25, -0.2) is 74.8 Å². The van der Waals surface area contributed by atoms with Gasteiger partial charge in [-0.3, -0.25) is 0 Å². The van der Waals surface area contributed by atoms with E-state index < -0.39 is 77.5 Å². The van der Waals surface area contributed by atoms with E-state index >= 15 is 0 Å². The standard InChI is InChI=1S/C19H17F3N6O.C19H19F3N6O.C17H15F3N6O2.C16H13F3N6O.C15H11F3N6O/c20-19(21,22)12-5-13-14(9-25-17(13)24-8-12)16-11(6-23)7-26-18(28-16)27-15(3-4-29)10-1-2-10;1-10(2)15(9-29-3)27-18-26-6-11(5-23)16(28-18)14-8-25-17-13(14)4-12(7-24-17)19(20,21)22;1-8(28)13(7-27)25-16-24-4-9(3-21)14(26-16)12-6-23-15-11(12)2-10(5-22-15)17(18,19)20;1-8(7-26)24-15-23-4-9(3-20)13(25-15)12-6-22-14-11(12)2-10(5-21-14)16(17,18)19;16-15(17,18)9-3-10-11(7-22-13(10)21-6-9)12-8(4-19)5-23-14(24-12)20-1-2-25/h5,7-10,15,29H,1-4H2,(H,24,25)(H,26,27,28);4,6-8,10,15H,9H2,1-3H3,(H,24,25)(H,26,27,28);2,4-6,8,13,27-28H,7H2,1H3,(H,22,23)(H,24,25,26);2,4-6,8,26H,7H2,1H3,(H,21,22)(H,23,24,25);3,5-7,25H,1-2H2,(H,21,22)(H,20,23,24)/t;;8-,13?;8-;/m..01./s1. The van der Waals surface area contributed by atoms with Crippen LogP contribution in [0.2, 0.25) is 0 Å². The van der Waals surface area contributed by atoms with Crippen LogP contribution in [0, 0.1) is 68.5 Å². The number of nitrogens with zero attached hydrogens (tertiary/aromatic N) is 20. The van der Waals surface area contributed by atoms with E-state index in [0.717, 1.165) is 74.2 Å². The Hall–Kier alpha value is -16.0. The second-order valence-electron chi connectivity index (χ2n) is 30.5. The van der Waals surface area contributed by atoms with E-state index in [-0.39, 0.29) is 197 Å². The normalized spacial score (nSPS) is 13.3. The molecule has 0 aromatic carbocycles. The number of aliphatic hydroxyl groups is 5. The number of rotatable bonds is 25. The Kier molecular flexibility index (Phi) is 31.0. The Balaban J connectivity index is 0.000000154. The lowest BCUT2D eigenvalue weighted by Gasteiger charge is -2.21. The zero-order chi connectivity index (χ0) is 99.2. The number of aliphatic hydroxyl groups excluding tert-OH is 5. The lowest BCUT2D eigenvalue weighted by molar-refractivity contribution is -0.138. The van der Waals surface area contributed by atoms with E-state index in [1.807, 2.05) is 44.2 Å². The maximum absolute atomic E-state index is 13.1. The molecule has 15 aromatic heterocycles. The summed E-state index contributed by atoms with van der Waals surface area (Å²) >= 11 is 0. The molecule has 1 aliphatic rings. The van der Waals surface area contributed by atoms with Gasteiger partial charge in [0.05, 0.1) is 160 Å². The molecular formula is C86H75F15N30O6. The highest BCUT2D eigenvalue weighted by molar-refractivity contribution is 5.98. The number of pyridine rings is 5. The molecule has 15 heterocycles. The molecule has 710 valence electrons. The quantitative estimate of drug-likeness (QED) is 0.0236. The summed E-state index contributed by atoms with van der Waals surface area (Å²) in [5.74, 6) is 1.46. The summed E-state index contributed by atoms with van der Waals surface area (Å²) < 4.78 is 201. The van der Waals surface area contributed by atoms with Crippen molar-refractivity contribution in [3.63, 3.8) is 0 Å². The fourth-order valence-corrected chi connectivity index (χ4v) is 13.4. The molecule has 1 saturated carbocycles. The van der Waals surface area contributed by atoms with Crippen LogP contribution < -0.4 is 26.6 Å². The molecule has 15 aromatic rings. The third-order valence-electron chi connectivity index (χ3n) is 20.7. The van der Waals surface area contributed by atoms with Crippen LogP contribution in [0.25, 0.3) is 111 Å². The van der Waals surface area contributed by atoms with E-state index in [4.69, 9.17) is 14.9 Å². The van der Waals surface area contributed by atoms with Crippen LogP contribution in [0.5, 0.6) is 0 Å². The predicted octanol–water partition coefficient (Wildman–Crippen LogP) is 14.6. The van der Waals surface area contributed by atoms with E-state index in [2.05, 4.69) is 126 Å². The fourth-order valence-electron chi connectivity index (χ4n) is 13.4. The average molecular weight is 1910 g/mol. The van der Waals surface area contributed by atoms with Gasteiger partial charge in [0.1, 0.15) is 58.6 Å². The molecule has 0 aliphatic heterocycles. The third-order valence-corrected chi connectivity index (χ3v) is 20.7. The molecule has 0 amide bonds. The molecule has 15 N–H and O–H groups in total. The first kappa shape index (κ1) is 100. The van der Waals surface area contributed by atoms with Gasteiger partial charge in [-0.1, -0.05) is 13.8 Å². The SMILES string of the molecule is COCC(Nc1ncc(C#N)c(-c2c[nH]c3ncc(C(F)(F)F)cc23)n1)C(C)C.C[C@H](CO)Nc1ncc(C#N)c(-c2c[nH]c3ncc(C(F)(F)F)cc23)n1.C[C@H](O)C(CO)Nc1ncc(C#N)c(-c2c[nH]c3ncc(C(F)(F)F)cc23)n1.N#Cc1cnc(NC(CCO)C2CC2)nc1-c1c[nH]c2ncc(C(F)(F)F)cc12.N#Cc1cnc(NCCO)nc1-c1c[nH]c2ncc(C(F)(F)F)cc12. The monoisotopic (exact) mass is 1910 g/mol. The number of aromatic amines is 5. The number of anilines is 5. The highest BCUT2D eigenvalue weighted by Crippen LogP contribution is 2.43. The van der Waals surface area contributed by atoms with Crippen molar-refractivity contribution in [3.05, 3.63) is 179 Å². The highest BCUT2D eigenvalue weighted by atomic mass is 19.4. The Morgan fingerprint density at radius 3 is 0.898 bits per heavy atom. The van der Waals surface area contributed by atoms with Crippen LogP contribution in [0.4, 0.5) is 95.6 Å². The van der Waals surface area contributed by atoms with Gasteiger partial charge in [0.25, 0.3) is 0 Å². The molecule has 0 saturated heterocycles. The zero-order valence-electron chi connectivity index (χ0n) is 71.7. The largest absolute Gasteiger partial charge is 0.417 e. The number of fused-ring (bicyclic) bond motifs is 5. The van der Waals surface area contributed by atoms with Crippen LogP contribution >= 0.6 is 0 Å². The molecule has 137 heavy (non-hydrogen) atoms. The van der Waals surface area contributed by atoms with Crippen molar-refractivity contribution in [3.8, 4) is 86.6 Å². The number of nitriles is 5. The Labute approximate surface area is 762 Å². The van der Waals surface area contributed by atoms with Gasteiger partial charge < -0.3 is 81.8 Å². The smallest absolute Gasteiger partial charge is 0.396 e. The van der Waals surface area contributed by atoms with Gasteiger partial charge in [-0.05, 0) is 75.3 Å². The first-order chi connectivity index (χ1) is 65.1. The second-order valence-corrected chi connectivity index (χ2v) is 30.5. The van der Waals surface area contributed by atoms with Crippen molar-refractivity contribution in [2.45, 2.75) is 108 Å². The molecule has 36 nitrogen and oxygen atoms in total. The van der Waals surface area contributed by atoms with Crippen molar-refractivity contribution in [2.75, 3.05) is 73.3 Å². The third kappa shape index (κ3) is 24.0.